The van der Waals surface area contributed by atoms with Gasteiger partial charge in [-0.15, -0.1) is 0 Å². The molecule has 0 bridgehead atoms. The molecule has 6 heteroatoms. The first kappa shape index (κ1) is 14.4. The molecule has 0 saturated carbocycles. The average molecular weight is 294 g/mol. The number of ether oxygens (including phenoxy) is 1. The zero-order chi connectivity index (χ0) is 14.5. The van der Waals surface area contributed by atoms with E-state index < -0.39 is 5.56 Å². The number of aromatic nitrogens is 2. The topological polar surface area (TPSA) is 58.2 Å². The molecule has 0 saturated heterocycles. The van der Waals surface area contributed by atoms with Crippen LogP contribution in [0.3, 0.4) is 0 Å². The lowest BCUT2D eigenvalue weighted by Crippen LogP contribution is -2.26. The summed E-state index contributed by atoms with van der Waals surface area (Å²) >= 11 is 5.94. The van der Waals surface area contributed by atoms with Crippen molar-refractivity contribution in [3.05, 3.63) is 51.4 Å². The molecule has 1 heterocycles. The number of H-pyrrole nitrogens is 1. The second-order valence-electron chi connectivity index (χ2n) is 4.48. The lowest BCUT2D eigenvalue weighted by atomic mass is 10.2. The largest absolute Gasteiger partial charge is 0.492 e. The van der Waals surface area contributed by atoms with Gasteiger partial charge in [0.05, 0.1) is 18.4 Å². The number of nitrogens with zero attached hydrogens (tertiary/aromatic N) is 2. The normalized spacial score (nSPS) is 10.3. The van der Waals surface area contributed by atoms with E-state index in [2.05, 4.69) is 10.2 Å². The van der Waals surface area contributed by atoms with E-state index in [4.69, 9.17) is 16.3 Å². The van der Waals surface area contributed by atoms with Crippen molar-refractivity contribution >= 4 is 17.3 Å². The molecule has 0 aliphatic heterocycles. The summed E-state index contributed by atoms with van der Waals surface area (Å²) in [6.07, 6.45) is 1.52. The predicted octanol–water partition coefficient (Wildman–Crippen LogP) is 2.25. The summed E-state index contributed by atoms with van der Waals surface area (Å²) in [5, 5.41) is 6.16. The number of nitrogens with one attached hydrogen (secondary N) is 1. The van der Waals surface area contributed by atoms with Crippen LogP contribution in [0.4, 0.5) is 5.69 Å². The Morgan fingerprint density at radius 1 is 1.35 bits per heavy atom. The van der Waals surface area contributed by atoms with Crippen LogP contribution in [0.25, 0.3) is 0 Å². The molecule has 106 valence electrons. The highest BCUT2D eigenvalue weighted by Crippen LogP contribution is 2.18. The smallest absolute Gasteiger partial charge is 0.285 e. The van der Waals surface area contributed by atoms with Gasteiger partial charge in [-0.2, -0.15) is 5.10 Å². The summed E-state index contributed by atoms with van der Waals surface area (Å²) in [7, 11) is 1.83. The van der Waals surface area contributed by atoms with Crippen LogP contribution in [0.15, 0.2) is 35.3 Å². The van der Waals surface area contributed by atoms with E-state index in [1.165, 1.54) is 11.8 Å². The maximum Gasteiger partial charge on any atom is 0.285 e. The highest BCUT2D eigenvalue weighted by Gasteiger charge is 2.09. The predicted molar refractivity (Wildman–Crippen MR) is 79.8 cm³/mol. The maximum absolute atomic E-state index is 11.4. The first-order chi connectivity index (χ1) is 9.58. The minimum absolute atomic E-state index is 0.137. The number of likely N-dealkylation sites (N-methyl/N-ethyl adjacent to an activating group) is 1. The third-order valence-corrected chi connectivity index (χ3v) is 3.27. The van der Waals surface area contributed by atoms with E-state index in [0.717, 1.165) is 5.75 Å². The van der Waals surface area contributed by atoms with Crippen LogP contribution in [-0.4, -0.2) is 30.4 Å². The molecule has 0 aliphatic carbocycles. The van der Waals surface area contributed by atoms with Crippen molar-refractivity contribution in [3.63, 3.8) is 0 Å². The van der Waals surface area contributed by atoms with Crippen molar-refractivity contribution in [2.75, 3.05) is 25.1 Å². The van der Waals surface area contributed by atoms with Crippen molar-refractivity contribution in [2.45, 2.75) is 6.92 Å². The Kier molecular flexibility index (Phi) is 4.63. The van der Waals surface area contributed by atoms with E-state index in [-0.39, 0.29) is 5.02 Å². The zero-order valence-corrected chi connectivity index (χ0v) is 12.1. The summed E-state index contributed by atoms with van der Waals surface area (Å²) in [5.41, 5.74) is 1.38. The molecule has 0 unspecified atom stereocenters. The summed E-state index contributed by atoms with van der Waals surface area (Å²) < 4.78 is 5.63. The van der Waals surface area contributed by atoms with Gasteiger partial charge in [0.25, 0.3) is 5.56 Å². The number of aryl methyl sites for hydroxylation is 1. The van der Waals surface area contributed by atoms with Crippen LogP contribution in [0.5, 0.6) is 5.75 Å². The van der Waals surface area contributed by atoms with Gasteiger partial charge in [-0.05, 0) is 19.1 Å². The van der Waals surface area contributed by atoms with E-state index in [1.54, 1.807) is 0 Å². The van der Waals surface area contributed by atoms with Gasteiger partial charge >= 0.3 is 0 Å². The molecular formula is C14H16ClN3O2. The molecule has 0 aliphatic rings. The molecule has 2 rings (SSSR count). The SMILES string of the molecule is Cc1ccc(OCCN(C)c2cn[nH]c(=O)c2Cl)cc1. The van der Waals surface area contributed by atoms with E-state index >= 15 is 0 Å². The summed E-state index contributed by atoms with van der Waals surface area (Å²) in [6, 6.07) is 7.85. The monoisotopic (exact) mass is 293 g/mol. The van der Waals surface area contributed by atoms with Crippen LogP contribution >= 0.6 is 11.6 Å². The summed E-state index contributed by atoms with van der Waals surface area (Å²) in [6.45, 7) is 3.11. The second kappa shape index (κ2) is 6.43. The minimum atomic E-state index is -0.393. The third-order valence-electron chi connectivity index (χ3n) is 2.90. The Labute approximate surface area is 122 Å². The summed E-state index contributed by atoms with van der Waals surface area (Å²) in [5.74, 6) is 0.819. The molecule has 5 nitrogen and oxygen atoms in total. The van der Waals surface area contributed by atoms with Crippen LogP contribution in [0.2, 0.25) is 5.02 Å². The molecule has 1 aromatic heterocycles. The molecular weight excluding hydrogens is 278 g/mol. The lowest BCUT2D eigenvalue weighted by Gasteiger charge is -2.19. The Morgan fingerprint density at radius 3 is 2.75 bits per heavy atom. The number of hydrogen-bond donors (Lipinski definition) is 1. The van der Waals surface area contributed by atoms with Gasteiger partial charge in [0.2, 0.25) is 0 Å². The van der Waals surface area contributed by atoms with Gasteiger partial charge in [0.1, 0.15) is 17.4 Å². The number of aromatic amines is 1. The van der Waals surface area contributed by atoms with Crippen LogP contribution in [0, 0.1) is 6.92 Å². The Bertz CT molecular complexity index is 625. The molecule has 0 radical (unpaired) electrons. The standard InChI is InChI=1S/C14H16ClN3O2/c1-10-3-5-11(6-4-10)20-8-7-18(2)12-9-16-17-14(19)13(12)15/h3-6,9H,7-8H2,1-2H3,(H,17,19). The van der Waals surface area contributed by atoms with Gasteiger partial charge < -0.3 is 9.64 Å². The van der Waals surface area contributed by atoms with Crippen LogP contribution < -0.4 is 15.2 Å². The molecule has 1 N–H and O–H groups in total. The molecule has 0 spiro atoms. The van der Waals surface area contributed by atoms with Crippen LogP contribution in [0.1, 0.15) is 5.56 Å². The zero-order valence-electron chi connectivity index (χ0n) is 11.4. The van der Waals surface area contributed by atoms with E-state index in [9.17, 15) is 4.79 Å². The van der Waals surface area contributed by atoms with Crippen molar-refractivity contribution in [1.82, 2.24) is 10.2 Å². The average Bonchev–Trinajstić information content (AvgIpc) is 2.44. The highest BCUT2D eigenvalue weighted by atomic mass is 35.5. The fourth-order valence-electron chi connectivity index (χ4n) is 1.70. The number of rotatable bonds is 5. The van der Waals surface area contributed by atoms with Gasteiger partial charge in [0, 0.05) is 7.05 Å². The summed E-state index contributed by atoms with van der Waals surface area (Å²) in [4.78, 5) is 13.2. The lowest BCUT2D eigenvalue weighted by molar-refractivity contribution is 0.326. The third kappa shape index (κ3) is 3.51. The van der Waals surface area contributed by atoms with Gasteiger partial charge in [-0.25, -0.2) is 5.10 Å². The molecule has 2 aromatic rings. The van der Waals surface area contributed by atoms with Crippen LogP contribution in [-0.2, 0) is 0 Å². The van der Waals surface area contributed by atoms with Crippen molar-refractivity contribution in [2.24, 2.45) is 0 Å². The van der Waals surface area contributed by atoms with Gasteiger partial charge in [-0.1, -0.05) is 29.3 Å². The fraction of sp³-hybridized carbons (Fsp3) is 0.286. The second-order valence-corrected chi connectivity index (χ2v) is 4.86. The van der Waals surface area contributed by atoms with Crippen molar-refractivity contribution < 1.29 is 4.74 Å². The minimum Gasteiger partial charge on any atom is -0.492 e. The van der Waals surface area contributed by atoms with E-state index in [1.807, 2.05) is 43.1 Å². The molecule has 0 atom stereocenters. The number of anilines is 1. The Balaban J connectivity index is 1.92. The molecule has 1 aromatic carbocycles. The fourth-order valence-corrected chi connectivity index (χ4v) is 1.93. The van der Waals surface area contributed by atoms with E-state index in [0.29, 0.717) is 18.8 Å². The number of hydrogen-bond acceptors (Lipinski definition) is 4. The highest BCUT2D eigenvalue weighted by molar-refractivity contribution is 6.32. The van der Waals surface area contributed by atoms with Crippen molar-refractivity contribution in [1.29, 1.82) is 0 Å². The maximum atomic E-state index is 11.4. The Hall–Kier alpha value is -2.01. The first-order valence-electron chi connectivity index (χ1n) is 6.21. The molecule has 20 heavy (non-hydrogen) atoms. The molecule has 0 fully saturated rings. The number of benzene rings is 1. The quantitative estimate of drug-likeness (QED) is 0.918. The first-order valence-corrected chi connectivity index (χ1v) is 6.59. The number of halogens is 1. The Morgan fingerprint density at radius 2 is 2.05 bits per heavy atom. The molecule has 0 amide bonds. The van der Waals surface area contributed by atoms with Gasteiger partial charge in [-0.3, -0.25) is 4.79 Å². The van der Waals surface area contributed by atoms with Gasteiger partial charge in [0.15, 0.2) is 0 Å². The van der Waals surface area contributed by atoms with Crippen molar-refractivity contribution in [3.8, 4) is 5.75 Å².